The molecule has 0 spiro atoms. The van der Waals surface area contributed by atoms with Crippen molar-refractivity contribution in [2.45, 2.75) is 12.5 Å². The predicted molar refractivity (Wildman–Crippen MR) is 55.3 cm³/mol. The summed E-state index contributed by atoms with van der Waals surface area (Å²) in [6.07, 6.45) is 1.93. The van der Waals surface area contributed by atoms with E-state index in [-0.39, 0.29) is 12.4 Å². The number of nitrogens with zero attached hydrogens (tertiary/aromatic N) is 1. The minimum absolute atomic E-state index is 0.111. The molecule has 0 aromatic rings. The maximum atomic E-state index is 9.67. The van der Waals surface area contributed by atoms with Crippen molar-refractivity contribution in [3.63, 3.8) is 0 Å². The zero-order valence-electron chi connectivity index (χ0n) is 7.95. The molecule has 78 valence electrons. The molecule has 5 nitrogen and oxygen atoms in total. The van der Waals surface area contributed by atoms with Crippen LogP contribution < -0.4 is 11.1 Å². The third-order valence-electron chi connectivity index (χ3n) is 1.40. The Labute approximate surface area is 82.4 Å². The number of oxime groups is 1. The summed E-state index contributed by atoms with van der Waals surface area (Å²) in [5.41, 5.74) is 4.47. The Morgan fingerprint density at radius 2 is 2.31 bits per heavy atom. The quantitative estimate of drug-likeness (QED) is 0.203. The fourth-order valence-corrected chi connectivity index (χ4v) is 1.58. The van der Waals surface area contributed by atoms with Gasteiger partial charge in [-0.05, 0) is 13.2 Å². The second kappa shape index (κ2) is 6.06. The highest BCUT2D eigenvalue weighted by Gasteiger charge is 2.18. The lowest BCUT2D eigenvalue weighted by atomic mass is 10.1. The first kappa shape index (κ1) is 12.5. The Morgan fingerprint density at radius 3 is 2.77 bits per heavy atom. The van der Waals surface area contributed by atoms with Gasteiger partial charge < -0.3 is 21.4 Å². The van der Waals surface area contributed by atoms with Crippen molar-refractivity contribution in [2.24, 2.45) is 10.9 Å². The molecule has 0 amide bonds. The van der Waals surface area contributed by atoms with Crippen LogP contribution in [-0.4, -0.2) is 46.8 Å². The first-order valence-corrected chi connectivity index (χ1v) is 5.29. The maximum Gasteiger partial charge on any atom is 0.153 e. The summed E-state index contributed by atoms with van der Waals surface area (Å²) in [5, 5.41) is 23.6. The van der Waals surface area contributed by atoms with Crippen molar-refractivity contribution in [1.82, 2.24) is 5.32 Å². The highest BCUT2D eigenvalue weighted by Crippen LogP contribution is 2.08. The molecular formula is C7H17N3O2S. The monoisotopic (exact) mass is 207 g/mol. The van der Waals surface area contributed by atoms with Crippen LogP contribution in [0.3, 0.4) is 0 Å². The lowest BCUT2D eigenvalue weighted by molar-refractivity contribution is 0.0863. The molecule has 6 heteroatoms. The SMILES string of the molecule is CSCC(C)(O)CNCC(N)=NO. The first-order chi connectivity index (χ1) is 6.02. The molecule has 0 rings (SSSR count). The minimum atomic E-state index is -0.755. The van der Waals surface area contributed by atoms with Crippen LogP contribution in [0, 0.1) is 0 Å². The zero-order valence-corrected chi connectivity index (χ0v) is 8.77. The normalized spacial score (nSPS) is 17.0. The van der Waals surface area contributed by atoms with Crippen molar-refractivity contribution in [3.8, 4) is 0 Å². The van der Waals surface area contributed by atoms with Crippen molar-refractivity contribution >= 4 is 17.6 Å². The Kier molecular flexibility index (Phi) is 5.85. The van der Waals surface area contributed by atoms with Crippen molar-refractivity contribution < 1.29 is 10.3 Å². The van der Waals surface area contributed by atoms with Gasteiger partial charge in [0, 0.05) is 12.3 Å². The molecule has 5 N–H and O–H groups in total. The molecule has 0 radical (unpaired) electrons. The van der Waals surface area contributed by atoms with Crippen LogP contribution >= 0.6 is 11.8 Å². The topological polar surface area (TPSA) is 90.9 Å². The summed E-state index contributed by atoms with van der Waals surface area (Å²) < 4.78 is 0. The van der Waals surface area contributed by atoms with Crippen molar-refractivity contribution in [3.05, 3.63) is 0 Å². The van der Waals surface area contributed by atoms with E-state index in [4.69, 9.17) is 10.9 Å². The summed E-state index contributed by atoms with van der Waals surface area (Å²) in [6, 6.07) is 0. The Morgan fingerprint density at radius 1 is 1.69 bits per heavy atom. The molecule has 0 aromatic carbocycles. The van der Waals surface area contributed by atoms with E-state index in [0.717, 1.165) is 0 Å². The zero-order chi connectivity index (χ0) is 10.3. The Hall–Kier alpha value is -0.460. The van der Waals surface area contributed by atoms with Gasteiger partial charge in [-0.15, -0.1) is 0 Å². The number of nitrogens with two attached hydrogens (primary N) is 1. The first-order valence-electron chi connectivity index (χ1n) is 3.90. The standard InChI is InChI=1S/C7H17N3O2S/c1-7(11,5-13-2)4-9-3-6(8)10-12/h9,11-12H,3-5H2,1-2H3,(H2,8,10). The van der Waals surface area contributed by atoms with E-state index in [0.29, 0.717) is 12.3 Å². The molecule has 0 fully saturated rings. The largest absolute Gasteiger partial charge is 0.409 e. The molecular weight excluding hydrogens is 190 g/mol. The minimum Gasteiger partial charge on any atom is -0.409 e. The van der Waals surface area contributed by atoms with Gasteiger partial charge in [0.15, 0.2) is 5.84 Å². The average molecular weight is 207 g/mol. The Balaban J connectivity index is 3.63. The van der Waals surface area contributed by atoms with Gasteiger partial charge in [-0.2, -0.15) is 11.8 Å². The van der Waals surface area contributed by atoms with E-state index < -0.39 is 5.60 Å². The van der Waals surface area contributed by atoms with Gasteiger partial charge in [-0.3, -0.25) is 0 Å². The summed E-state index contributed by atoms with van der Waals surface area (Å²) >= 11 is 1.57. The molecule has 0 aliphatic heterocycles. The van der Waals surface area contributed by atoms with Gasteiger partial charge in [-0.25, -0.2) is 0 Å². The number of hydrogen-bond acceptors (Lipinski definition) is 5. The van der Waals surface area contributed by atoms with Crippen LogP contribution in [-0.2, 0) is 0 Å². The smallest absolute Gasteiger partial charge is 0.153 e. The van der Waals surface area contributed by atoms with Crippen LogP contribution in [0.1, 0.15) is 6.92 Å². The van der Waals surface area contributed by atoms with E-state index in [9.17, 15) is 5.11 Å². The molecule has 0 heterocycles. The van der Waals surface area contributed by atoms with Crippen LogP contribution in [0.15, 0.2) is 5.16 Å². The second-order valence-corrected chi connectivity index (χ2v) is 3.99. The summed E-state index contributed by atoms with van der Waals surface area (Å²) in [4.78, 5) is 0. The highest BCUT2D eigenvalue weighted by atomic mass is 32.2. The van der Waals surface area contributed by atoms with E-state index >= 15 is 0 Å². The van der Waals surface area contributed by atoms with E-state index in [2.05, 4.69) is 10.5 Å². The number of hydrogen-bond donors (Lipinski definition) is 4. The van der Waals surface area contributed by atoms with E-state index in [1.165, 1.54) is 0 Å². The summed E-state index contributed by atoms with van der Waals surface area (Å²) in [7, 11) is 0. The molecule has 0 aromatic heterocycles. The number of rotatable bonds is 6. The third-order valence-corrected chi connectivity index (χ3v) is 2.31. The van der Waals surface area contributed by atoms with Crippen LogP contribution in [0.4, 0.5) is 0 Å². The maximum absolute atomic E-state index is 9.67. The highest BCUT2D eigenvalue weighted by molar-refractivity contribution is 7.98. The summed E-state index contributed by atoms with van der Waals surface area (Å²) in [5.74, 6) is 0.760. The molecule has 0 saturated carbocycles. The van der Waals surface area contributed by atoms with Gasteiger partial charge in [0.05, 0.1) is 12.1 Å². The van der Waals surface area contributed by atoms with Gasteiger partial charge >= 0.3 is 0 Å². The number of thioether (sulfide) groups is 1. The number of nitrogens with one attached hydrogen (secondary N) is 1. The van der Waals surface area contributed by atoms with Gasteiger partial charge in [0.2, 0.25) is 0 Å². The lowest BCUT2D eigenvalue weighted by Crippen LogP contribution is -2.42. The number of aliphatic hydroxyl groups is 1. The molecule has 13 heavy (non-hydrogen) atoms. The molecule has 0 aliphatic carbocycles. The average Bonchev–Trinajstić information content (AvgIpc) is 2.03. The van der Waals surface area contributed by atoms with E-state index in [1.807, 2.05) is 6.26 Å². The van der Waals surface area contributed by atoms with E-state index in [1.54, 1.807) is 18.7 Å². The molecule has 0 aliphatic rings. The number of amidine groups is 1. The van der Waals surface area contributed by atoms with Gasteiger partial charge in [0.25, 0.3) is 0 Å². The van der Waals surface area contributed by atoms with Crippen molar-refractivity contribution in [2.75, 3.05) is 25.1 Å². The van der Waals surface area contributed by atoms with Gasteiger partial charge in [-0.1, -0.05) is 5.16 Å². The molecule has 0 saturated heterocycles. The summed E-state index contributed by atoms with van der Waals surface area (Å²) in [6.45, 7) is 2.44. The molecule has 1 atom stereocenters. The second-order valence-electron chi connectivity index (χ2n) is 3.12. The van der Waals surface area contributed by atoms with Crippen LogP contribution in [0.25, 0.3) is 0 Å². The van der Waals surface area contributed by atoms with Crippen LogP contribution in [0.5, 0.6) is 0 Å². The third kappa shape index (κ3) is 6.68. The van der Waals surface area contributed by atoms with Gasteiger partial charge in [0.1, 0.15) is 0 Å². The fourth-order valence-electron chi connectivity index (χ4n) is 0.857. The Bertz CT molecular complexity index is 173. The molecule has 1 unspecified atom stereocenters. The lowest BCUT2D eigenvalue weighted by Gasteiger charge is -2.22. The predicted octanol–water partition coefficient (Wildman–Crippen LogP) is -0.564. The van der Waals surface area contributed by atoms with Crippen LogP contribution in [0.2, 0.25) is 0 Å². The fraction of sp³-hybridized carbons (Fsp3) is 0.857. The van der Waals surface area contributed by atoms with Crippen molar-refractivity contribution in [1.29, 1.82) is 0 Å². The molecule has 0 bridgehead atoms.